The van der Waals surface area contributed by atoms with E-state index in [-0.39, 0.29) is 5.91 Å². The fraction of sp³-hybridized carbons (Fsp3) is 0.696. The number of carbonyl (C=O) groups excluding carboxylic acids is 1. The summed E-state index contributed by atoms with van der Waals surface area (Å²) < 4.78 is 12.3. The Balaban J connectivity index is 1.68. The average molecular weight is 374 g/mol. The first-order chi connectivity index (χ1) is 13.0. The lowest BCUT2D eigenvalue weighted by Crippen LogP contribution is -2.48. The molecule has 2 saturated carbocycles. The monoisotopic (exact) mass is 373 g/mol. The molecule has 0 bridgehead atoms. The Morgan fingerprint density at radius 3 is 2.67 bits per heavy atom. The van der Waals surface area contributed by atoms with Gasteiger partial charge in [0, 0.05) is 12.3 Å². The fourth-order valence-corrected chi connectivity index (χ4v) is 4.49. The molecule has 2 aliphatic carbocycles. The van der Waals surface area contributed by atoms with Crippen LogP contribution in [-0.2, 0) is 9.53 Å². The van der Waals surface area contributed by atoms with Gasteiger partial charge in [-0.25, -0.2) is 0 Å². The zero-order valence-electron chi connectivity index (χ0n) is 17.2. The van der Waals surface area contributed by atoms with Crippen molar-refractivity contribution in [2.75, 3.05) is 11.9 Å². The molecule has 0 aromatic heterocycles. The molecular weight excluding hydrogens is 338 g/mol. The third-order valence-electron chi connectivity index (χ3n) is 5.98. The predicted molar refractivity (Wildman–Crippen MR) is 109 cm³/mol. The van der Waals surface area contributed by atoms with Crippen LogP contribution in [0.5, 0.6) is 5.75 Å². The van der Waals surface area contributed by atoms with E-state index >= 15 is 0 Å². The summed E-state index contributed by atoms with van der Waals surface area (Å²) in [6.45, 7) is 6.99. The Morgan fingerprint density at radius 2 is 2.00 bits per heavy atom. The number of anilines is 1. The molecule has 4 nitrogen and oxygen atoms in total. The molecule has 2 aliphatic rings. The summed E-state index contributed by atoms with van der Waals surface area (Å²) in [5.74, 6) is 1.46. The van der Waals surface area contributed by atoms with Crippen LogP contribution < -0.4 is 10.1 Å². The molecule has 0 heterocycles. The van der Waals surface area contributed by atoms with Crippen LogP contribution in [0.1, 0.15) is 77.2 Å². The molecule has 0 spiro atoms. The number of hydrogen-bond acceptors (Lipinski definition) is 3. The van der Waals surface area contributed by atoms with Crippen LogP contribution in [0.3, 0.4) is 0 Å². The minimum atomic E-state index is -0.680. The van der Waals surface area contributed by atoms with Crippen molar-refractivity contribution in [3.8, 4) is 5.75 Å². The molecular formula is C23H35NO3. The number of hydrogen-bond donors (Lipinski definition) is 1. The maximum atomic E-state index is 13.1. The SMILES string of the molecule is CCCO[C@]1(C(=O)Nc2ccc(OC3CCCC3)c(C)c2)CCC[C@H](C)C1. The second kappa shape index (κ2) is 9.09. The summed E-state index contributed by atoms with van der Waals surface area (Å²) in [5, 5.41) is 3.12. The highest BCUT2D eigenvalue weighted by molar-refractivity contribution is 5.97. The Hall–Kier alpha value is -1.55. The highest BCUT2D eigenvalue weighted by Gasteiger charge is 2.42. The van der Waals surface area contributed by atoms with Gasteiger partial charge in [-0.15, -0.1) is 0 Å². The lowest BCUT2D eigenvalue weighted by Gasteiger charge is -2.38. The largest absolute Gasteiger partial charge is 0.490 e. The average Bonchev–Trinajstić information content (AvgIpc) is 3.15. The van der Waals surface area contributed by atoms with Crippen molar-refractivity contribution in [2.24, 2.45) is 5.92 Å². The van der Waals surface area contributed by atoms with Gasteiger partial charge in [-0.3, -0.25) is 4.79 Å². The zero-order valence-corrected chi connectivity index (χ0v) is 17.2. The molecule has 150 valence electrons. The number of benzene rings is 1. The quantitative estimate of drug-likeness (QED) is 0.674. The summed E-state index contributed by atoms with van der Waals surface area (Å²) in [4.78, 5) is 13.1. The molecule has 4 heteroatoms. The summed E-state index contributed by atoms with van der Waals surface area (Å²) in [7, 11) is 0. The Kier molecular flexibility index (Phi) is 6.80. The Bertz CT molecular complexity index is 639. The molecule has 1 amide bonds. The van der Waals surface area contributed by atoms with Gasteiger partial charge in [0.15, 0.2) is 0 Å². The molecule has 0 unspecified atom stereocenters. The summed E-state index contributed by atoms with van der Waals surface area (Å²) in [6, 6.07) is 5.96. The second-order valence-corrected chi connectivity index (χ2v) is 8.50. The van der Waals surface area contributed by atoms with Gasteiger partial charge >= 0.3 is 0 Å². The number of rotatable bonds is 7. The van der Waals surface area contributed by atoms with Gasteiger partial charge in [0.1, 0.15) is 11.4 Å². The van der Waals surface area contributed by atoms with Crippen LogP contribution in [0.4, 0.5) is 5.69 Å². The van der Waals surface area contributed by atoms with Crippen LogP contribution in [0.2, 0.25) is 0 Å². The van der Waals surface area contributed by atoms with E-state index in [1.807, 2.05) is 25.1 Å². The van der Waals surface area contributed by atoms with Gasteiger partial charge in [0.25, 0.3) is 5.91 Å². The normalized spacial score (nSPS) is 26.1. The number of carbonyl (C=O) groups is 1. The second-order valence-electron chi connectivity index (χ2n) is 8.50. The first kappa shape index (κ1) is 20.2. The lowest BCUT2D eigenvalue weighted by atomic mass is 9.78. The van der Waals surface area contributed by atoms with Crippen molar-refractivity contribution in [1.82, 2.24) is 0 Å². The molecule has 1 aromatic carbocycles. The molecule has 2 fully saturated rings. The molecule has 0 saturated heterocycles. The van der Waals surface area contributed by atoms with Gasteiger partial charge in [-0.05, 0) is 88.0 Å². The van der Waals surface area contributed by atoms with Crippen molar-refractivity contribution in [2.45, 2.75) is 90.3 Å². The van der Waals surface area contributed by atoms with Gasteiger partial charge < -0.3 is 14.8 Å². The predicted octanol–water partition coefficient (Wildman–Crippen LogP) is 5.63. The number of nitrogens with one attached hydrogen (secondary N) is 1. The summed E-state index contributed by atoms with van der Waals surface area (Å²) in [5.41, 5.74) is 1.22. The van der Waals surface area contributed by atoms with E-state index in [1.165, 1.54) is 19.3 Å². The van der Waals surface area contributed by atoms with Crippen LogP contribution in [0.25, 0.3) is 0 Å². The van der Waals surface area contributed by atoms with E-state index < -0.39 is 5.60 Å². The van der Waals surface area contributed by atoms with Crippen LogP contribution in [-0.4, -0.2) is 24.2 Å². The minimum Gasteiger partial charge on any atom is -0.490 e. The van der Waals surface area contributed by atoms with Gasteiger partial charge in [0.05, 0.1) is 6.10 Å². The number of aryl methyl sites for hydroxylation is 1. The van der Waals surface area contributed by atoms with Gasteiger partial charge in [-0.1, -0.05) is 20.3 Å². The molecule has 0 aliphatic heterocycles. The van der Waals surface area contributed by atoms with Crippen LogP contribution >= 0.6 is 0 Å². The van der Waals surface area contributed by atoms with E-state index in [4.69, 9.17) is 9.47 Å². The molecule has 1 aromatic rings. The molecule has 27 heavy (non-hydrogen) atoms. The van der Waals surface area contributed by atoms with Crippen molar-refractivity contribution in [3.05, 3.63) is 23.8 Å². The maximum Gasteiger partial charge on any atom is 0.256 e. The first-order valence-electron chi connectivity index (χ1n) is 10.7. The van der Waals surface area contributed by atoms with E-state index in [9.17, 15) is 4.79 Å². The topological polar surface area (TPSA) is 47.6 Å². The van der Waals surface area contributed by atoms with Crippen molar-refractivity contribution < 1.29 is 14.3 Å². The standard InChI is InChI=1S/C23H35NO3/c1-4-14-26-23(13-7-8-17(2)16-23)22(25)24-19-11-12-21(18(3)15-19)27-20-9-5-6-10-20/h11-12,15,17,20H,4-10,13-14,16H2,1-3H3,(H,24,25)/t17-,23+/m0/s1. The number of ether oxygens (including phenoxy) is 2. The Morgan fingerprint density at radius 1 is 1.22 bits per heavy atom. The lowest BCUT2D eigenvalue weighted by molar-refractivity contribution is -0.148. The highest BCUT2D eigenvalue weighted by atomic mass is 16.5. The Labute approximate surface area is 164 Å². The first-order valence-corrected chi connectivity index (χ1v) is 10.7. The fourth-order valence-electron chi connectivity index (χ4n) is 4.49. The van der Waals surface area contributed by atoms with Crippen molar-refractivity contribution >= 4 is 11.6 Å². The number of amides is 1. The van der Waals surface area contributed by atoms with E-state index in [2.05, 4.69) is 19.2 Å². The third-order valence-corrected chi connectivity index (χ3v) is 5.98. The molecule has 1 N–H and O–H groups in total. The van der Waals surface area contributed by atoms with Gasteiger partial charge in [0.2, 0.25) is 0 Å². The molecule has 2 atom stereocenters. The minimum absolute atomic E-state index is 0.00589. The third kappa shape index (κ3) is 5.04. The highest BCUT2D eigenvalue weighted by Crippen LogP contribution is 2.37. The summed E-state index contributed by atoms with van der Waals surface area (Å²) in [6.07, 6.45) is 9.93. The molecule has 0 radical (unpaired) electrons. The zero-order chi connectivity index (χ0) is 19.3. The summed E-state index contributed by atoms with van der Waals surface area (Å²) >= 11 is 0. The van der Waals surface area contributed by atoms with E-state index in [1.54, 1.807) is 0 Å². The smallest absolute Gasteiger partial charge is 0.256 e. The van der Waals surface area contributed by atoms with Gasteiger partial charge in [-0.2, -0.15) is 0 Å². The maximum absolute atomic E-state index is 13.1. The van der Waals surface area contributed by atoms with Crippen molar-refractivity contribution in [3.63, 3.8) is 0 Å². The van der Waals surface area contributed by atoms with Crippen LogP contribution in [0, 0.1) is 12.8 Å². The van der Waals surface area contributed by atoms with E-state index in [0.29, 0.717) is 18.6 Å². The molecule has 3 rings (SSSR count). The van der Waals surface area contributed by atoms with Crippen LogP contribution in [0.15, 0.2) is 18.2 Å². The van der Waals surface area contributed by atoms with E-state index in [0.717, 1.165) is 55.5 Å². The van der Waals surface area contributed by atoms with Crippen molar-refractivity contribution in [1.29, 1.82) is 0 Å².